The van der Waals surface area contributed by atoms with Crippen molar-refractivity contribution in [3.05, 3.63) is 40.7 Å². The second kappa shape index (κ2) is 5.73. The predicted octanol–water partition coefficient (Wildman–Crippen LogP) is 1.98. The first-order valence-corrected chi connectivity index (χ1v) is 6.97. The lowest BCUT2D eigenvalue weighted by atomic mass is 9.89. The first-order chi connectivity index (χ1) is 9.02. The Morgan fingerprint density at radius 2 is 2.21 bits per heavy atom. The molecule has 2 aromatic rings. The normalized spacial score (nSPS) is 13.5. The van der Waals surface area contributed by atoms with Crippen molar-refractivity contribution in [3.63, 3.8) is 0 Å². The van der Waals surface area contributed by atoms with Crippen molar-refractivity contribution in [2.75, 3.05) is 0 Å². The molecular formula is C13H19N5S. The smallest absolute Gasteiger partial charge is 0.0857 e. The van der Waals surface area contributed by atoms with Crippen molar-refractivity contribution < 1.29 is 0 Å². The molecule has 0 aliphatic rings. The standard InChI is InChI=1S/C13H19N5S/c1-13(2,3)12-11(19-18-17-12)10(16-14)7-9-5-4-6-15-8-9/h4-6,8,10,16H,7,14H2,1-3H3. The van der Waals surface area contributed by atoms with Crippen LogP contribution >= 0.6 is 11.5 Å². The van der Waals surface area contributed by atoms with Crippen LogP contribution in [0.5, 0.6) is 0 Å². The molecule has 0 saturated carbocycles. The Hall–Kier alpha value is -1.37. The van der Waals surface area contributed by atoms with E-state index in [0.717, 1.165) is 22.6 Å². The van der Waals surface area contributed by atoms with E-state index < -0.39 is 0 Å². The van der Waals surface area contributed by atoms with Crippen molar-refractivity contribution in [3.8, 4) is 0 Å². The van der Waals surface area contributed by atoms with Crippen LogP contribution in [0.15, 0.2) is 24.5 Å². The molecule has 0 fully saturated rings. The van der Waals surface area contributed by atoms with E-state index in [2.05, 4.69) is 40.8 Å². The van der Waals surface area contributed by atoms with E-state index in [1.54, 1.807) is 6.20 Å². The third-order valence-corrected chi connectivity index (χ3v) is 3.74. The van der Waals surface area contributed by atoms with Crippen molar-refractivity contribution in [2.45, 2.75) is 38.6 Å². The Morgan fingerprint density at radius 1 is 1.42 bits per heavy atom. The van der Waals surface area contributed by atoms with Gasteiger partial charge in [-0.1, -0.05) is 31.3 Å². The van der Waals surface area contributed by atoms with E-state index in [-0.39, 0.29) is 11.5 Å². The molecule has 2 aromatic heterocycles. The number of rotatable bonds is 4. The average Bonchev–Trinajstić information content (AvgIpc) is 2.86. The monoisotopic (exact) mass is 277 g/mol. The number of hydrazine groups is 1. The van der Waals surface area contributed by atoms with Gasteiger partial charge in [0.15, 0.2) is 0 Å². The fourth-order valence-electron chi connectivity index (χ4n) is 1.93. The molecule has 6 heteroatoms. The number of nitrogens with one attached hydrogen (secondary N) is 1. The first-order valence-electron chi connectivity index (χ1n) is 6.20. The highest BCUT2D eigenvalue weighted by Crippen LogP contribution is 2.31. The molecule has 0 saturated heterocycles. The third kappa shape index (κ3) is 3.34. The average molecular weight is 277 g/mol. The lowest BCUT2D eigenvalue weighted by Crippen LogP contribution is -2.31. The lowest BCUT2D eigenvalue weighted by Gasteiger charge is -2.21. The molecule has 3 N–H and O–H groups in total. The van der Waals surface area contributed by atoms with Crippen LogP contribution < -0.4 is 11.3 Å². The second-order valence-corrected chi connectivity index (χ2v) is 6.31. The SMILES string of the molecule is CC(C)(C)c1nnsc1C(Cc1cccnc1)NN. The molecule has 2 heterocycles. The summed E-state index contributed by atoms with van der Waals surface area (Å²) >= 11 is 1.40. The number of nitrogens with zero attached hydrogens (tertiary/aromatic N) is 3. The van der Waals surface area contributed by atoms with Gasteiger partial charge < -0.3 is 0 Å². The molecule has 0 amide bonds. The highest BCUT2D eigenvalue weighted by molar-refractivity contribution is 7.05. The highest BCUT2D eigenvalue weighted by atomic mass is 32.1. The molecule has 1 unspecified atom stereocenters. The van der Waals surface area contributed by atoms with Gasteiger partial charge in [-0.05, 0) is 29.6 Å². The van der Waals surface area contributed by atoms with Crippen LogP contribution in [0, 0.1) is 0 Å². The van der Waals surface area contributed by atoms with Gasteiger partial charge in [-0.15, -0.1) is 5.10 Å². The Balaban J connectivity index is 2.26. The van der Waals surface area contributed by atoms with Crippen LogP contribution in [-0.4, -0.2) is 14.6 Å². The molecule has 19 heavy (non-hydrogen) atoms. The molecule has 0 aromatic carbocycles. The zero-order valence-electron chi connectivity index (χ0n) is 11.4. The van der Waals surface area contributed by atoms with E-state index in [1.807, 2.05) is 18.3 Å². The third-order valence-electron chi connectivity index (χ3n) is 2.90. The van der Waals surface area contributed by atoms with Gasteiger partial charge in [0, 0.05) is 17.8 Å². The first kappa shape index (κ1) is 14.0. The summed E-state index contributed by atoms with van der Waals surface area (Å²) in [5.74, 6) is 5.70. The van der Waals surface area contributed by atoms with Crippen LogP contribution in [0.4, 0.5) is 0 Å². The summed E-state index contributed by atoms with van der Waals surface area (Å²) < 4.78 is 4.08. The molecule has 0 aliphatic carbocycles. The van der Waals surface area contributed by atoms with Gasteiger partial charge in [-0.25, -0.2) is 0 Å². The Bertz CT molecular complexity index is 517. The van der Waals surface area contributed by atoms with Gasteiger partial charge in [0.2, 0.25) is 0 Å². The number of pyridine rings is 1. The minimum atomic E-state index is -0.0353. The van der Waals surface area contributed by atoms with Gasteiger partial charge in [-0.3, -0.25) is 16.3 Å². The summed E-state index contributed by atoms with van der Waals surface area (Å²) in [5.41, 5.74) is 4.97. The highest BCUT2D eigenvalue weighted by Gasteiger charge is 2.26. The lowest BCUT2D eigenvalue weighted by molar-refractivity contribution is 0.515. The summed E-state index contributed by atoms with van der Waals surface area (Å²) in [6, 6.07) is 3.99. The maximum absolute atomic E-state index is 5.70. The minimum absolute atomic E-state index is 0.0124. The largest absolute Gasteiger partial charge is 0.271 e. The van der Waals surface area contributed by atoms with E-state index in [0.29, 0.717) is 0 Å². The summed E-state index contributed by atoms with van der Waals surface area (Å²) in [6.07, 6.45) is 4.40. The van der Waals surface area contributed by atoms with Gasteiger partial charge in [0.1, 0.15) is 0 Å². The van der Waals surface area contributed by atoms with Gasteiger partial charge >= 0.3 is 0 Å². The molecule has 5 nitrogen and oxygen atoms in total. The molecule has 2 rings (SSSR count). The van der Waals surface area contributed by atoms with Gasteiger partial charge in [0.25, 0.3) is 0 Å². The van der Waals surface area contributed by atoms with Crippen molar-refractivity contribution in [1.29, 1.82) is 0 Å². The number of hydrogen-bond acceptors (Lipinski definition) is 6. The zero-order chi connectivity index (χ0) is 13.9. The number of hydrogen-bond donors (Lipinski definition) is 2. The van der Waals surface area contributed by atoms with Crippen molar-refractivity contribution >= 4 is 11.5 Å². The zero-order valence-corrected chi connectivity index (χ0v) is 12.2. The van der Waals surface area contributed by atoms with Gasteiger partial charge in [-0.2, -0.15) is 0 Å². The van der Waals surface area contributed by atoms with E-state index >= 15 is 0 Å². The van der Waals surface area contributed by atoms with Crippen LogP contribution in [0.1, 0.15) is 42.9 Å². The Labute approximate surface area is 117 Å². The molecule has 102 valence electrons. The van der Waals surface area contributed by atoms with Crippen LogP contribution in [0.3, 0.4) is 0 Å². The molecule has 0 radical (unpaired) electrons. The fraction of sp³-hybridized carbons (Fsp3) is 0.462. The summed E-state index contributed by atoms with van der Waals surface area (Å²) in [7, 11) is 0. The predicted molar refractivity (Wildman–Crippen MR) is 76.6 cm³/mol. The molecular weight excluding hydrogens is 258 g/mol. The molecule has 0 bridgehead atoms. The summed E-state index contributed by atoms with van der Waals surface area (Å²) in [6.45, 7) is 6.39. The molecule has 0 spiro atoms. The van der Waals surface area contributed by atoms with E-state index in [4.69, 9.17) is 5.84 Å². The minimum Gasteiger partial charge on any atom is -0.271 e. The molecule has 0 aliphatic heterocycles. The molecule has 1 atom stereocenters. The van der Waals surface area contributed by atoms with Crippen LogP contribution in [0.25, 0.3) is 0 Å². The summed E-state index contributed by atoms with van der Waals surface area (Å²) in [5, 5.41) is 4.26. The Kier molecular flexibility index (Phi) is 4.24. The van der Waals surface area contributed by atoms with Crippen LogP contribution in [0.2, 0.25) is 0 Å². The van der Waals surface area contributed by atoms with Crippen molar-refractivity contribution in [2.24, 2.45) is 5.84 Å². The maximum Gasteiger partial charge on any atom is 0.0857 e. The van der Waals surface area contributed by atoms with Crippen LogP contribution in [-0.2, 0) is 11.8 Å². The van der Waals surface area contributed by atoms with Gasteiger partial charge in [0.05, 0.1) is 16.6 Å². The number of nitrogens with two attached hydrogens (primary N) is 1. The van der Waals surface area contributed by atoms with E-state index in [9.17, 15) is 0 Å². The maximum atomic E-state index is 5.70. The number of aromatic nitrogens is 3. The quantitative estimate of drug-likeness (QED) is 0.660. The van der Waals surface area contributed by atoms with E-state index in [1.165, 1.54) is 11.5 Å². The van der Waals surface area contributed by atoms with Crippen molar-refractivity contribution in [1.82, 2.24) is 20.0 Å². The second-order valence-electron chi connectivity index (χ2n) is 5.52. The topological polar surface area (TPSA) is 76.7 Å². The fourth-order valence-corrected chi connectivity index (χ4v) is 2.85. The summed E-state index contributed by atoms with van der Waals surface area (Å²) in [4.78, 5) is 5.22. The Morgan fingerprint density at radius 3 is 2.79 bits per heavy atom.